The first-order chi connectivity index (χ1) is 10.6. The van der Waals surface area contributed by atoms with Crippen molar-refractivity contribution in [1.29, 1.82) is 0 Å². The van der Waals surface area contributed by atoms with Gasteiger partial charge in [0.05, 0.1) is 6.04 Å². The summed E-state index contributed by atoms with van der Waals surface area (Å²) in [6, 6.07) is 10.2. The number of benzene rings is 2. The van der Waals surface area contributed by atoms with Gasteiger partial charge in [0.25, 0.3) is 5.91 Å². The molecule has 1 amide bonds. The molecule has 0 aromatic heterocycles. The van der Waals surface area contributed by atoms with E-state index in [4.69, 9.17) is 11.6 Å². The van der Waals surface area contributed by atoms with Gasteiger partial charge in [0.15, 0.2) is 0 Å². The fourth-order valence-electron chi connectivity index (χ4n) is 2.50. The second kappa shape index (κ2) is 6.05. The molecule has 1 atom stereocenters. The SMILES string of the molecule is O=C(NC(c1ccc(Cl)cc1)C1CC1)c1c(F)cccc1F. The molecule has 1 fully saturated rings. The molecule has 1 aliphatic rings. The van der Waals surface area contributed by atoms with Crippen LogP contribution in [0.4, 0.5) is 8.78 Å². The Morgan fingerprint density at radius 2 is 1.68 bits per heavy atom. The number of nitrogens with one attached hydrogen (secondary N) is 1. The first-order valence-corrected chi connectivity index (χ1v) is 7.44. The van der Waals surface area contributed by atoms with Crippen molar-refractivity contribution in [2.24, 2.45) is 5.92 Å². The van der Waals surface area contributed by atoms with Crippen LogP contribution in [-0.4, -0.2) is 5.91 Å². The van der Waals surface area contributed by atoms with E-state index in [2.05, 4.69) is 5.32 Å². The molecular weight excluding hydrogens is 308 g/mol. The monoisotopic (exact) mass is 321 g/mol. The van der Waals surface area contributed by atoms with Gasteiger partial charge in [-0.2, -0.15) is 0 Å². The minimum atomic E-state index is -0.858. The molecule has 0 radical (unpaired) electrons. The summed E-state index contributed by atoms with van der Waals surface area (Å²) in [4.78, 5) is 12.3. The number of halogens is 3. The lowest BCUT2D eigenvalue weighted by Gasteiger charge is -2.19. The van der Waals surface area contributed by atoms with Crippen molar-refractivity contribution < 1.29 is 13.6 Å². The lowest BCUT2D eigenvalue weighted by atomic mass is 10.0. The zero-order valence-corrected chi connectivity index (χ0v) is 12.4. The highest BCUT2D eigenvalue weighted by Gasteiger charge is 2.34. The smallest absolute Gasteiger partial charge is 0.257 e. The van der Waals surface area contributed by atoms with E-state index in [-0.39, 0.29) is 6.04 Å². The van der Waals surface area contributed by atoms with Gasteiger partial charge in [-0.25, -0.2) is 8.78 Å². The molecule has 1 saturated carbocycles. The Balaban J connectivity index is 1.85. The van der Waals surface area contributed by atoms with E-state index in [1.165, 1.54) is 6.07 Å². The van der Waals surface area contributed by atoms with Crippen LogP contribution in [0.2, 0.25) is 5.02 Å². The van der Waals surface area contributed by atoms with Crippen LogP contribution in [-0.2, 0) is 0 Å². The second-order valence-corrected chi connectivity index (χ2v) is 5.87. The predicted molar refractivity (Wildman–Crippen MR) is 80.7 cm³/mol. The Morgan fingerprint density at radius 3 is 2.23 bits per heavy atom. The maximum atomic E-state index is 13.7. The molecule has 2 aromatic carbocycles. The number of amides is 1. The third-order valence-electron chi connectivity index (χ3n) is 3.80. The van der Waals surface area contributed by atoms with Crippen molar-refractivity contribution in [3.63, 3.8) is 0 Å². The largest absolute Gasteiger partial charge is 0.345 e. The molecule has 0 spiro atoms. The lowest BCUT2D eigenvalue weighted by molar-refractivity contribution is 0.0923. The van der Waals surface area contributed by atoms with E-state index in [0.29, 0.717) is 10.9 Å². The summed E-state index contributed by atoms with van der Waals surface area (Å²) < 4.78 is 27.4. The van der Waals surface area contributed by atoms with Gasteiger partial charge < -0.3 is 5.32 Å². The molecule has 1 unspecified atom stereocenters. The van der Waals surface area contributed by atoms with Crippen LogP contribution in [0.1, 0.15) is 34.8 Å². The minimum Gasteiger partial charge on any atom is -0.345 e. The minimum absolute atomic E-state index is 0.260. The molecule has 2 aromatic rings. The normalized spacial score (nSPS) is 15.4. The van der Waals surface area contributed by atoms with Crippen LogP contribution in [0, 0.1) is 17.6 Å². The van der Waals surface area contributed by atoms with Crippen molar-refractivity contribution in [2.45, 2.75) is 18.9 Å². The summed E-state index contributed by atoms with van der Waals surface area (Å²) in [7, 11) is 0. The molecule has 5 heteroatoms. The summed E-state index contributed by atoms with van der Waals surface area (Å²) in [5.74, 6) is -2.16. The lowest BCUT2D eigenvalue weighted by Crippen LogP contribution is -2.31. The first kappa shape index (κ1) is 15.0. The zero-order valence-electron chi connectivity index (χ0n) is 11.7. The quantitative estimate of drug-likeness (QED) is 0.882. The van der Waals surface area contributed by atoms with Crippen LogP contribution in [0.5, 0.6) is 0 Å². The van der Waals surface area contributed by atoms with E-state index in [9.17, 15) is 13.6 Å². The summed E-state index contributed by atoms with van der Waals surface area (Å²) in [5, 5.41) is 3.35. The van der Waals surface area contributed by atoms with Gasteiger partial charge in [-0.15, -0.1) is 0 Å². The first-order valence-electron chi connectivity index (χ1n) is 7.06. The number of carbonyl (C=O) groups excluding carboxylic acids is 1. The van der Waals surface area contributed by atoms with Crippen LogP contribution in [0.15, 0.2) is 42.5 Å². The summed E-state index contributed by atoms with van der Waals surface area (Å²) in [6.45, 7) is 0. The number of carbonyl (C=O) groups is 1. The third-order valence-corrected chi connectivity index (χ3v) is 4.05. The molecule has 22 heavy (non-hydrogen) atoms. The molecule has 0 saturated heterocycles. The second-order valence-electron chi connectivity index (χ2n) is 5.44. The fraction of sp³-hybridized carbons (Fsp3) is 0.235. The summed E-state index contributed by atoms with van der Waals surface area (Å²) in [6.07, 6.45) is 1.96. The maximum Gasteiger partial charge on any atom is 0.257 e. The van der Waals surface area contributed by atoms with Crippen molar-refractivity contribution in [3.8, 4) is 0 Å². The average molecular weight is 322 g/mol. The van der Waals surface area contributed by atoms with Crippen LogP contribution >= 0.6 is 11.6 Å². The van der Waals surface area contributed by atoms with Gasteiger partial charge in [0, 0.05) is 5.02 Å². The van der Waals surface area contributed by atoms with Crippen molar-refractivity contribution in [1.82, 2.24) is 5.32 Å². The van der Waals surface area contributed by atoms with Gasteiger partial charge in [0.2, 0.25) is 0 Å². The fourth-order valence-corrected chi connectivity index (χ4v) is 2.63. The molecule has 1 aliphatic carbocycles. The molecule has 114 valence electrons. The molecule has 0 aliphatic heterocycles. The highest BCUT2D eigenvalue weighted by Crippen LogP contribution is 2.41. The van der Waals surface area contributed by atoms with Crippen molar-refractivity contribution in [2.75, 3.05) is 0 Å². The van der Waals surface area contributed by atoms with Crippen LogP contribution in [0.3, 0.4) is 0 Å². The maximum absolute atomic E-state index is 13.7. The zero-order chi connectivity index (χ0) is 15.7. The number of rotatable bonds is 4. The molecule has 2 nitrogen and oxygen atoms in total. The van der Waals surface area contributed by atoms with Crippen molar-refractivity contribution in [3.05, 3.63) is 70.2 Å². The van der Waals surface area contributed by atoms with Gasteiger partial charge in [0.1, 0.15) is 17.2 Å². The van der Waals surface area contributed by atoms with Crippen LogP contribution in [0.25, 0.3) is 0 Å². The summed E-state index contributed by atoms with van der Waals surface area (Å²) >= 11 is 5.87. The van der Waals surface area contributed by atoms with Gasteiger partial charge in [-0.05, 0) is 48.6 Å². The van der Waals surface area contributed by atoms with E-state index in [0.717, 1.165) is 30.5 Å². The molecule has 3 rings (SSSR count). The van der Waals surface area contributed by atoms with E-state index in [1.54, 1.807) is 12.1 Å². The Morgan fingerprint density at radius 1 is 1.09 bits per heavy atom. The summed E-state index contributed by atoms with van der Waals surface area (Å²) in [5.41, 5.74) is 0.346. The Hall–Kier alpha value is -1.94. The Bertz CT molecular complexity index is 678. The third kappa shape index (κ3) is 3.12. The number of hydrogen-bond donors (Lipinski definition) is 1. The highest BCUT2D eigenvalue weighted by molar-refractivity contribution is 6.30. The predicted octanol–water partition coefficient (Wildman–Crippen LogP) is 4.50. The molecule has 0 bridgehead atoms. The van der Waals surface area contributed by atoms with Crippen molar-refractivity contribution >= 4 is 17.5 Å². The van der Waals surface area contributed by atoms with E-state index >= 15 is 0 Å². The molecule has 1 N–H and O–H groups in total. The van der Waals surface area contributed by atoms with Crippen LogP contribution < -0.4 is 5.32 Å². The van der Waals surface area contributed by atoms with E-state index < -0.39 is 23.1 Å². The molecule has 0 heterocycles. The van der Waals surface area contributed by atoms with Gasteiger partial charge in [-0.3, -0.25) is 4.79 Å². The van der Waals surface area contributed by atoms with Gasteiger partial charge >= 0.3 is 0 Å². The Kier molecular flexibility index (Phi) is 4.12. The average Bonchev–Trinajstić information content (AvgIpc) is 3.30. The highest BCUT2D eigenvalue weighted by atomic mass is 35.5. The number of hydrogen-bond acceptors (Lipinski definition) is 1. The molecular formula is C17H14ClF2NO. The standard InChI is InChI=1S/C17H14ClF2NO/c18-12-8-6-11(7-9-12)16(10-4-5-10)21-17(22)15-13(19)2-1-3-14(15)20/h1-3,6-10,16H,4-5H2,(H,21,22). The van der Waals surface area contributed by atoms with E-state index in [1.807, 2.05) is 12.1 Å². The Labute approximate surface area is 132 Å². The van der Waals surface area contributed by atoms with Gasteiger partial charge in [-0.1, -0.05) is 29.8 Å². The topological polar surface area (TPSA) is 29.1 Å².